The molecule has 7 aromatic carbocycles. The second-order valence-corrected chi connectivity index (χ2v) is 16.0. The van der Waals surface area contributed by atoms with E-state index in [0.29, 0.717) is 0 Å². The monoisotopic (exact) mass is 817 g/mol. The number of hydrogen-bond donors (Lipinski definition) is 0. The molecule has 62 heavy (non-hydrogen) atoms. The molecule has 0 aliphatic carbocycles. The molecular formula is C62H72. The van der Waals surface area contributed by atoms with Crippen LogP contribution in [0.25, 0.3) is 33.4 Å². The number of rotatable bonds is 11. The Morgan fingerprint density at radius 3 is 1.29 bits per heavy atom. The first-order valence-corrected chi connectivity index (χ1v) is 22.5. The van der Waals surface area contributed by atoms with Crippen LogP contribution in [0.3, 0.4) is 0 Å². The van der Waals surface area contributed by atoms with Crippen molar-refractivity contribution in [2.45, 2.75) is 87.5 Å². The van der Waals surface area contributed by atoms with Gasteiger partial charge in [0.1, 0.15) is 0 Å². The van der Waals surface area contributed by atoms with E-state index in [2.05, 4.69) is 251 Å². The molecule has 0 nitrogen and oxygen atoms in total. The Labute approximate surface area is 377 Å². The van der Waals surface area contributed by atoms with Gasteiger partial charge in [-0.15, -0.1) is 13.2 Å². The molecule has 0 amide bonds. The van der Waals surface area contributed by atoms with E-state index in [1.165, 1.54) is 72.3 Å². The van der Waals surface area contributed by atoms with E-state index < -0.39 is 0 Å². The molecule has 7 aromatic rings. The first-order chi connectivity index (χ1) is 30.2. The second-order valence-electron chi connectivity index (χ2n) is 16.0. The molecular weight excluding hydrogens is 745 g/mol. The fourth-order valence-corrected chi connectivity index (χ4v) is 6.78. The fraction of sp³-hybridized carbons (Fsp3) is 0.226. The van der Waals surface area contributed by atoms with E-state index in [-0.39, 0.29) is 0 Å². The summed E-state index contributed by atoms with van der Waals surface area (Å²) in [6.07, 6.45) is 10.3. The quantitative estimate of drug-likeness (QED) is 0.0901. The van der Waals surface area contributed by atoms with E-state index in [1.807, 2.05) is 18.2 Å². The highest BCUT2D eigenvalue weighted by molar-refractivity contribution is 5.84. The van der Waals surface area contributed by atoms with Gasteiger partial charge in [0, 0.05) is 0 Å². The van der Waals surface area contributed by atoms with Gasteiger partial charge in [0.05, 0.1) is 0 Å². The first-order valence-electron chi connectivity index (χ1n) is 22.5. The lowest BCUT2D eigenvalue weighted by molar-refractivity contribution is 0.647. The van der Waals surface area contributed by atoms with Crippen LogP contribution in [0.15, 0.2) is 213 Å². The summed E-state index contributed by atoms with van der Waals surface area (Å²) in [7, 11) is 0. The smallest absolute Gasteiger partial charge is 0.0184 e. The van der Waals surface area contributed by atoms with Crippen LogP contribution in [-0.2, 0) is 12.8 Å². The zero-order chi connectivity index (χ0) is 45.0. The number of aryl methyl sites for hydroxylation is 4. The van der Waals surface area contributed by atoms with Gasteiger partial charge in [-0.25, -0.2) is 0 Å². The molecule has 0 aromatic heterocycles. The summed E-state index contributed by atoms with van der Waals surface area (Å²) in [5.74, 6) is 0.725. The Bertz CT molecular complexity index is 2250. The summed E-state index contributed by atoms with van der Waals surface area (Å²) in [5, 5.41) is 0. The van der Waals surface area contributed by atoms with Crippen LogP contribution in [0.5, 0.6) is 0 Å². The highest BCUT2D eigenvalue weighted by Gasteiger charge is 2.06. The second kappa shape index (κ2) is 29.1. The maximum atomic E-state index is 3.00. The molecule has 0 radical (unpaired) electrons. The molecule has 0 heterocycles. The first kappa shape index (κ1) is 50.1. The standard InChI is InChI=1S/C28H30.C16H18.C9H12.C7H8.C2H4/c1-4-9-27(23-11-7-6-8-12-23)21-28(10-5-2)26-19-17-25(18-20-26)24-15-13-22(3)14-16-24;1-13(2)12-14-8-10-16(11-9-14)15-6-4-3-5-7-15;1-3-9-6-4-8(2)5-7-9;1-7-5-3-2-4-6-7;1-2/h6-9,11-21H,4-5,10H2,1-3H3;3-11,13H,12H2,1-2H3;4-7H,3H2,1-2H3;2-6H,1H3;1-2H2/b27-9-,28-21+;;;;. The lowest BCUT2D eigenvalue weighted by atomic mass is 9.94. The highest BCUT2D eigenvalue weighted by Crippen LogP contribution is 2.29. The van der Waals surface area contributed by atoms with Crippen LogP contribution in [0.4, 0.5) is 0 Å². The Hall–Kier alpha value is -6.24. The van der Waals surface area contributed by atoms with E-state index in [1.54, 1.807) is 0 Å². The molecule has 0 bridgehead atoms. The third kappa shape index (κ3) is 18.6. The van der Waals surface area contributed by atoms with Gasteiger partial charge >= 0.3 is 0 Å². The molecule has 0 aliphatic rings. The van der Waals surface area contributed by atoms with E-state index in [4.69, 9.17) is 0 Å². The van der Waals surface area contributed by atoms with Crippen LogP contribution >= 0.6 is 0 Å². The summed E-state index contributed by atoms with van der Waals surface area (Å²) in [6, 6.07) is 66.8. The summed E-state index contributed by atoms with van der Waals surface area (Å²) in [6.45, 7) is 23.5. The van der Waals surface area contributed by atoms with Crippen molar-refractivity contribution >= 4 is 11.1 Å². The number of hydrogen-bond acceptors (Lipinski definition) is 0. The Kier molecular flexibility index (Phi) is 23.5. The topological polar surface area (TPSA) is 0 Å². The van der Waals surface area contributed by atoms with Crippen molar-refractivity contribution in [1.82, 2.24) is 0 Å². The predicted molar refractivity (Wildman–Crippen MR) is 278 cm³/mol. The van der Waals surface area contributed by atoms with Gasteiger partial charge in [0.25, 0.3) is 0 Å². The van der Waals surface area contributed by atoms with Crippen LogP contribution in [-0.4, -0.2) is 0 Å². The Morgan fingerprint density at radius 2 is 0.855 bits per heavy atom. The predicted octanol–water partition coefficient (Wildman–Crippen LogP) is 18.2. The third-order valence-electron chi connectivity index (χ3n) is 10.2. The van der Waals surface area contributed by atoms with Crippen LogP contribution in [0, 0.1) is 26.7 Å². The van der Waals surface area contributed by atoms with Crippen molar-refractivity contribution in [3.8, 4) is 22.3 Å². The molecule has 0 aliphatic heterocycles. The van der Waals surface area contributed by atoms with Crippen molar-refractivity contribution in [2.75, 3.05) is 0 Å². The number of allylic oxidation sites excluding steroid dienone is 4. The summed E-state index contributed by atoms with van der Waals surface area (Å²) in [4.78, 5) is 0. The maximum absolute atomic E-state index is 3.00. The molecule has 0 N–H and O–H groups in total. The molecule has 0 saturated heterocycles. The lowest BCUT2D eigenvalue weighted by Crippen LogP contribution is -1.93. The van der Waals surface area contributed by atoms with Gasteiger partial charge in [-0.1, -0.05) is 258 Å². The Morgan fingerprint density at radius 1 is 0.452 bits per heavy atom. The molecule has 0 fully saturated rings. The minimum atomic E-state index is 0.725. The van der Waals surface area contributed by atoms with Crippen molar-refractivity contribution in [3.63, 3.8) is 0 Å². The van der Waals surface area contributed by atoms with Gasteiger partial charge < -0.3 is 0 Å². The average molecular weight is 817 g/mol. The molecule has 0 atom stereocenters. The van der Waals surface area contributed by atoms with Gasteiger partial charge in [-0.3, -0.25) is 0 Å². The minimum Gasteiger partial charge on any atom is -0.106 e. The van der Waals surface area contributed by atoms with Crippen LogP contribution in [0.1, 0.15) is 92.8 Å². The molecule has 7 rings (SSSR count). The van der Waals surface area contributed by atoms with Crippen LogP contribution in [0.2, 0.25) is 0 Å². The third-order valence-corrected chi connectivity index (χ3v) is 10.2. The largest absolute Gasteiger partial charge is 0.106 e. The van der Waals surface area contributed by atoms with E-state index >= 15 is 0 Å². The average Bonchev–Trinajstić information content (AvgIpc) is 3.31. The molecule has 0 saturated carbocycles. The minimum absolute atomic E-state index is 0.725. The summed E-state index contributed by atoms with van der Waals surface area (Å²) >= 11 is 0. The van der Waals surface area contributed by atoms with Gasteiger partial charge in [-0.2, -0.15) is 0 Å². The zero-order valence-electron chi connectivity index (χ0n) is 39.1. The fourth-order valence-electron chi connectivity index (χ4n) is 6.78. The summed E-state index contributed by atoms with van der Waals surface area (Å²) in [5.41, 5.74) is 17.3. The van der Waals surface area contributed by atoms with Gasteiger partial charge in [-0.05, 0) is 108 Å². The van der Waals surface area contributed by atoms with Crippen molar-refractivity contribution in [1.29, 1.82) is 0 Å². The zero-order valence-corrected chi connectivity index (χ0v) is 39.1. The van der Waals surface area contributed by atoms with Crippen LogP contribution < -0.4 is 0 Å². The normalized spacial score (nSPS) is 10.7. The molecule has 0 heteroatoms. The summed E-state index contributed by atoms with van der Waals surface area (Å²) < 4.78 is 0. The van der Waals surface area contributed by atoms with E-state index in [0.717, 1.165) is 38.0 Å². The highest BCUT2D eigenvalue weighted by atomic mass is 14.1. The van der Waals surface area contributed by atoms with E-state index in [9.17, 15) is 0 Å². The molecule has 320 valence electrons. The van der Waals surface area contributed by atoms with Crippen molar-refractivity contribution < 1.29 is 0 Å². The Balaban J connectivity index is 0.000000251. The lowest BCUT2D eigenvalue weighted by Gasteiger charge is -2.11. The molecule has 0 unspecified atom stereocenters. The van der Waals surface area contributed by atoms with Gasteiger partial charge in [0.15, 0.2) is 0 Å². The maximum Gasteiger partial charge on any atom is -0.0184 e. The SMILES string of the molecule is C=C.CC(C)Cc1ccc(-c2ccccc2)cc1.CC/C=C(/C=C(\CCC)c1ccc(-c2ccc(C)cc2)cc1)c1ccccc1.CCc1ccc(C)cc1.Cc1ccccc1. The van der Waals surface area contributed by atoms with Crippen molar-refractivity contribution in [3.05, 3.63) is 252 Å². The number of benzene rings is 7. The van der Waals surface area contributed by atoms with Crippen molar-refractivity contribution in [2.24, 2.45) is 5.92 Å². The molecule has 0 spiro atoms. The van der Waals surface area contributed by atoms with Gasteiger partial charge in [0.2, 0.25) is 0 Å².